The average molecular weight is 413 g/mol. The van der Waals surface area contributed by atoms with Crippen molar-refractivity contribution < 1.29 is 14.2 Å². The lowest BCUT2D eigenvalue weighted by atomic mass is 10.2. The Kier molecular flexibility index (Phi) is 5.32. The first kappa shape index (κ1) is 17.1. The lowest BCUT2D eigenvalue weighted by Gasteiger charge is -2.11. The fourth-order valence-electron chi connectivity index (χ4n) is 2.53. The first-order chi connectivity index (χ1) is 11.7. The number of methoxy groups -OCH3 is 2. The summed E-state index contributed by atoms with van der Waals surface area (Å²) in [5.41, 5.74) is 0.828. The molecule has 0 amide bonds. The summed E-state index contributed by atoms with van der Waals surface area (Å²) in [4.78, 5) is 0. The second kappa shape index (κ2) is 7.45. The molecule has 1 aliphatic rings. The van der Waals surface area contributed by atoms with Gasteiger partial charge < -0.3 is 14.2 Å². The number of ether oxygens (including phenoxy) is 3. The Morgan fingerprint density at radius 1 is 1.46 bits per heavy atom. The molecule has 0 bridgehead atoms. The second-order valence-corrected chi connectivity index (χ2v) is 6.33. The number of hydrogen-bond acceptors (Lipinski definition) is 6. The van der Waals surface area contributed by atoms with Crippen molar-refractivity contribution in [3.63, 3.8) is 0 Å². The standard InChI is InChI=1S/C15H17BrN4O3S/c1-21-10-6-5-9(12(16)13(10)22-2)8-17-20-14(18-19-15(20)24)11-4-3-7-23-11/h5-6,8,11H,3-4,7H2,1-2H3,(H,19,24)/b17-8-. The molecule has 1 aromatic carbocycles. The molecule has 3 rings (SSSR count). The number of benzene rings is 1. The Bertz CT molecular complexity index is 812. The van der Waals surface area contributed by atoms with E-state index in [1.807, 2.05) is 12.1 Å². The zero-order valence-electron chi connectivity index (χ0n) is 13.3. The van der Waals surface area contributed by atoms with Crippen LogP contribution in [0.4, 0.5) is 0 Å². The van der Waals surface area contributed by atoms with Crippen LogP contribution in [0.5, 0.6) is 11.5 Å². The van der Waals surface area contributed by atoms with E-state index in [1.165, 1.54) is 0 Å². The van der Waals surface area contributed by atoms with E-state index in [4.69, 9.17) is 26.4 Å². The van der Waals surface area contributed by atoms with E-state index in [9.17, 15) is 0 Å². The molecule has 1 unspecified atom stereocenters. The highest BCUT2D eigenvalue weighted by molar-refractivity contribution is 9.10. The van der Waals surface area contributed by atoms with Crippen LogP contribution >= 0.6 is 28.1 Å². The molecule has 7 nitrogen and oxygen atoms in total. The average Bonchev–Trinajstić information content (AvgIpc) is 3.23. The molecule has 1 saturated heterocycles. The van der Waals surface area contributed by atoms with Gasteiger partial charge in [-0.05, 0) is 53.1 Å². The van der Waals surface area contributed by atoms with E-state index >= 15 is 0 Å². The van der Waals surface area contributed by atoms with Crippen LogP contribution in [0.1, 0.15) is 30.3 Å². The van der Waals surface area contributed by atoms with Crippen molar-refractivity contribution in [2.75, 3.05) is 20.8 Å². The van der Waals surface area contributed by atoms with E-state index in [2.05, 4.69) is 31.2 Å². The highest BCUT2D eigenvalue weighted by Gasteiger charge is 2.23. The number of H-pyrrole nitrogens is 1. The van der Waals surface area contributed by atoms with E-state index in [1.54, 1.807) is 25.1 Å². The third-order valence-corrected chi connectivity index (χ3v) is 4.80. The highest BCUT2D eigenvalue weighted by atomic mass is 79.9. The van der Waals surface area contributed by atoms with Gasteiger partial charge >= 0.3 is 0 Å². The van der Waals surface area contributed by atoms with Crippen molar-refractivity contribution in [3.05, 3.63) is 32.8 Å². The quantitative estimate of drug-likeness (QED) is 0.601. The Balaban J connectivity index is 1.95. The lowest BCUT2D eigenvalue weighted by Crippen LogP contribution is -2.05. The van der Waals surface area contributed by atoms with Gasteiger partial charge in [0.2, 0.25) is 4.77 Å². The number of aromatic amines is 1. The molecule has 1 N–H and O–H groups in total. The molecule has 1 atom stereocenters. The van der Waals surface area contributed by atoms with Crippen molar-refractivity contribution in [3.8, 4) is 11.5 Å². The van der Waals surface area contributed by atoms with Crippen LogP contribution in [-0.2, 0) is 4.74 Å². The maximum atomic E-state index is 5.67. The van der Waals surface area contributed by atoms with Crippen molar-refractivity contribution >= 4 is 34.4 Å². The van der Waals surface area contributed by atoms with Gasteiger partial charge in [0.15, 0.2) is 17.3 Å². The van der Waals surface area contributed by atoms with Crippen molar-refractivity contribution in [2.24, 2.45) is 5.10 Å². The Labute approximate surface area is 152 Å². The molecule has 2 aromatic rings. The molecule has 1 aromatic heterocycles. The van der Waals surface area contributed by atoms with Gasteiger partial charge in [-0.2, -0.15) is 14.9 Å². The Morgan fingerprint density at radius 3 is 2.96 bits per heavy atom. The first-order valence-corrected chi connectivity index (χ1v) is 8.59. The topological polar surface area (TPSA) is 73.7 Å². The van der Waals surface area contributed by atoms with Crippen LogP contribution < -0.4 is 9.47 Å². The van der Waals surface area contributed by atoms with Crippen LogP contribution in [0.15, 0.2) is 21.7 Å². The van der Waals surface area contributed by atoms with E-state index < -0.39 is 0 Å². The maximum Gasteiger partial charge on any atom is 0.216 e. The smallest absolute Gasteiger partial charge is 0.216 e. The van der Waals surface area contributed by atoms with Gasteiger partial charge in [-0.3, -0.25) is 5.10 Å². The fraction of sp³-hybridized carbons (Fsp3) is 0.400. The third kappa shape index (κ3) is 3.24. The van der Waals surface area contributed by atoms with E-state index in [0.717, 1.165) is 29.5 Å². The van der Waals surface area contributed by atoms with Crippen LogP contribution in [0.25, 0.3) is 0 Å². The molecular weight excluding hydrogens is 396 g/mol. The van der Waals surface area contributed by atoms with Gasteiger partial charge in [0.05, 0.1) is 24.9 Å². The second-order valence-electron chi connectivity index (χ2n) is 5.15. The number of halogens is 1. The zero-order valence-corrected chi connectivity index (χ0v) is 15.7. The molecule has 0 radical (unpaired) electrons. The summed E-state index contributed by atoms with van der Waals surface area (Å²) < 4.78 is 19.1. The summed E-state index contributed by atoms with van der Waals surface area (Å²) in [6.45, 7) is 0.731. The molecule has 2 heterocycles. The number of rotatable bonds is 5. The lowest BCUT2D eigenvalue weighted by molar-refractivity contribution is 0.102. The summed E-state index contributed by atoms with van der Waals surface area (Å²) in [6.07, 6.45) is 3.53. The number of aromatic nitrogens is 3. The summed E-state index contributed by atoms with van der Waals surface area (Å²) in [5, 5.41) is 11.5. The molecule has 0 saturated carbocycles. The Hall–Kier alpha value is -1.71. The number of nitrogens with one attached hydrogen (secondary N) is 1. The highest BCUT2D eigenvalue weighted by Crippen LogP contribution is 2.37. The van der Waals surface area contributed by atoms with Crippen molar-refractivity contribution in [1.82, 2.24) is 14.9 Å². The third-order valence-electron chi connectivity index (χ3n) is 3.72. The summed E-state index contributed by atoms with van der Waals surface area (Å²) >= 11 is 8.78. The maximum absolute atomic E-state index is 5.67. The Morgan fingerprint density at radius 2 is 2.29 bits per heavy atom. The molecule has 128 valence electrons. The minimum absolute atomic E-state index is 0.0797. The summed E-state index contributed by atoms with van der Waals surface area (Å²) in [6, 6.07) is 3.70. The predicted octanol–water partition coefficient (Wildman–Crippen LogP) is 3.45. The van der Waals surface area contributed by atoms with Gasteiger partial charge in [0.25, 0.3) is 0 Å². The molecule has 1 fully saturated rings. The largest absolute Gasteiger partial charge is 0.493 e. The van der Waals surface area contributed by atoms with Crippen LogP contribution in [-0.4, -0.2) is 41.9 Å². The number of nitrogens with zero attached hydrogens (tertiary/aromatic N) is 3. The monoisotopic (exact) mass is 412 g/mol. The first-order valence-electron chi connectivity index (χ1n) is 7.39. The summed E-state index contributed by atoms with van der Waals surface area (Å²) in [7, 11) is 3.18. The van der Waals surface area contributed by atoms with Gasteiger partial charge in [-0.15, -0.1) is 0 Å². The molecule has 1 aliphatic heterocycles. The molecule has 0 spiro atoms. The van der Waals surface area contributed by atoms with E-state index in [-0.39, 0.29) is 6.10 Å². The fourth-order valence-corrected chi connectivity index (χ4v) is 3.31. The van der Waals surface area contributed by atoms with Gasteiger partial charge in [-0.1, -0.05) is 0 Å². The van der Waals surface area contributed by atoms with E-state index in [0.29, 0.717) is 22.1 Å². The predicted molar refractivity (Wildman–Crippen MR) is 95.6 cm³/mol. The van der Waals surface area contributed by atoms with Gasteiger partial charge in [0.1, 0.15) is 6.10 Å². The minimum atomic E-state index is -0.0797. The van der Waals surface area contributed by atoms with Gasteiger partial charge in [0, 0.05) is 12.2 Å². The molecule has 24 heavy (non-hydrogen) atoms. The van der Waals surface area contributed by atoms with Crippen LogP contribution in [0.2, 0.25) is 0 Å². The zero-order chi connectivity index (χ0) is 17.1. The van der Waals surface area contributed by atoms with Crippen molar-refractivity contribution in [2.45, 2.75) is 18.9 Å². The molecule has 9 heteroatoms. The van der Waals surface area contributed by atoms with Gasteiger partial charge in [-0.25, -0.2) is 0 Å². The normalized spacial score (nSPS) is 17.5. The SMILES string of the molecule is COc1ccc(/C=N\n2c(C3CCCO3)n[nH]c2=S)c(Br)c1OC. The summed E-state index contributed by atoms with van der Waals surface area (Å²) in [5.74, 6) is 1.93. The van der Waals surface area contributed by atoms with Crippen LogP contribution in [0, 0.1) is 4.77 Å². The van der Waals surface area contributed by atoms with Crippen molar-refractivity contribution in [1.29, 1.82) is 0 Å². The van der Waals surface area contributed by atoms with Crippen LogP contribution in [0.3, 0.4) is 0 Å². The molecule has 0 aliphatic carbocycles. The minimum Gasteiger partial charge on any atom is -0.493 e. The molecular formula is C15H17BrN4O3S. The number of hydrogen-bond donors (Lipinski definition) is 1.